The van der Waals surface area contributed by atoms with Crippen molar-refractivity contribution in [2.75, 3.05) is 26.6 Å². The monoisotopic (exact) mass is 457 g/mol. The predicted molar refractivity (Wildman–Crippen MR) is 124 cm³/mol. The summed E-state index contributed by atoms with van der Waals surface area (Å²) in [6.45, 7) is 0. The van der Waals surface area contributed by atoms with Crippen LogP contribution in [0, 0.1) is 11.3 Å². The van der Waals surface area contributed by atoms with Gasteiger partial charge in [0, 0.05) is 23.3 Å². The van der Waals surface area contributed by atoms with Crippen LogP contribution >= 0.6 is 0 Å². The van der Waals surface area contributed by atoms with Gasteiger partial charge in [0.05, 0.1) is 33.0 Å². The number of anilines is 1. The minimum absolute atomic E-state index is 0.0959. The molecule has 9 nitrogen and oxygen atoms in total. The molecule has 0 fully saturated rings. The molecule has 172 valence electrons. The Kier molecular flexibility index (Phi) is 5.42. The molecule has 1 atom stereocenters. The highest BCUT2D eigenvalue weighted by Gasteiger charge is 2.37. The van der Waals surface area contributed by atoms with Crippen molar-refractivity contribution in [1.29, 1.82) is 5.26 Å². The number of methoxy groups -OCH3 is 3. The maximum atomic E-state index is 13.0. The SMILES string of the molecule is COc1cc(-c2nc3n(n2)C(c2ccc(C#N)cc2)C2=C(CCCC2=O)N3)cc(OC)c1OC. The number of rotatable bonds is 5. The first kappa shape index (κ1) is 21.5. The fraction of sp³-hybridized carbons (Fsp3) is 0.280. The van der Waals surface area contributed by atoms with Gasteiger partial charge in [-0.25, -0.2) is 4.68 Å². The summed E-state index contributed by atoms with van der Waals surface area (Å²) >= 11 is 0. The number of carbonyl (C=O) groups excluding carboxylic acids is 1. The number of ether oxygens (including phenoxy) is 3. The second-order valence-corrected chi connectivity index (χ2v) is 8.05. The van der Waals surface area contributed by atoms with Gasteiger partial charge in [0.15, 0.2) is 23.1 Å². The van der Waals surface area contributed by atoms with E-state index >= 15 is 0 Å². The molecule has 34 heavy (non-hydrogen) atoms. The zero-order valence-electron chi connectivity index (χ0n) is 19.1. The smallest absolute Gasteiger partial charge is 0.226 e. The first-order valence-electron chi connectivity index (χ1n) is 10.9. The molecule has 1 aliphatic carbocycles. The third kappa shape index (κ3) is 3.44. The van der Waals surface area contributed by atoms with E-state index in [4.69, 9.17) is 24.3 Å². The Hall–Kier alpha value is -4.32. The maximum absolute atomic E-state index is 13.0. The number of hydrogen-bond donors (Lipinski definition) is 1. The normalized spacial score (nSPS) is 16.8. The summed E-state index contributed by atoms with van der Waals surface area (Å²) in [7, 11) is 4.66. The lowest BCUT2D eigenvalue weighted by Crippen LogP contribution is -2.31. The van der Waals surface area contributed by atoms with E-state index in [2.05, 4.69) is 11.4 Å². The molecular weight excluding hydrogens is 434 g/mol. The van der Waals surface area contributed by atoms with Crippen LogP contribution in [0.4, 0.5) is 5.95 Å². The molecule has 0 radical (unpaired) electrons. The average Bonchev–Trinajstić information content (AvgIpc) is 3.30. The summed E-state index contributed by atoms with van der Waals surface area (Å²) in [5.74, 6) is 2.56. The van der Waals surface area contributed by atoms with Crippen molar-refractivity contribution in [3.63, 3.8) is 0 Å². The Balaban J connectivity index is 1.66. The predicted octanol–water partition coefficient (Wildman–Crippen LogP) is 3.86. The van der Waals surface area contributed by atoms with Gasteiger partial charge in [-0.05, 0) is 42.7 Å². The van der Waals surface area contributed by atoms with Gasteiger partial charge >= 0.3 is 0 Å². The van der Waals surface area contributed by atoms with Crippen molar-refractivity contribution < 1.29 is 19.0 Å². The first-order chi connectivity index (χ1) is 16.6. The van der Waals surface area contributed by atoms with Crippen LogP contribution < -0.4 is 19.5 Å². The van der Waals surface area contributed by atoms with Gasteiger partial charge in [-0.2, -0.15) is 10.2 Å². The van der Waals surface area contributed by atoms with Gasteiger partial charge in [0.25, 0.3) is 0 Å². The lowest BCUT2D eigenvalue weighted by molar-refractivity contribution is -0.116. The van der Waals surface area contributed by atoms with E-state index in [0.29, 0.717) is 52.1 Å². The Morgan fingerprint density at radius 1 is 1.06 bits per heavy atom. The summed E-state index contributed by atoms with van der Waals surface area (Å²) in [5.41, 5.74) is 3.68. The second kappa shape index (κ2) is 8.56. The molecule has 1 aromatic heterocycles. The van der Waals surface area contributed by atoms with E-state index in [0.717, 1.165) is 24.1 Å². The van der Waals surface area contributed by atoms with E-state index in [1.165, 1.54) is 0 Å². The van der Waals surface area contributed by atoms with Crippen LogP contribution in [0.25, 0.3) is 11.4 Å². The average molecular weight is 457 g/mol. The zero-order valence-corrected chi connectivity index (χ0v) is 19.1. The first-order valence-corrected chi connectivity index (χ1v) is 10.9. The Labute approximate surface area is 196 Å². The van der Waals surface area contributed by atoms with Crippen molar-refractivity contribution >= 4 is 11.7 Å². The van der Waals surface area contributed by atoms with Crippen LogP contribution in [0.15, 0.2) is 47.7 Å². The molecule has 0 saturated carbocycles. The Morgan fingerprint density at radius 2 is 1.76 bits per heavy atom. The molecular formula is C25H23N5O4. The third-order valence-corrected chi connectivity index (χ3v) is 6.15. The van der Waals surface area contributed by atoms with Crippen molar-refractivity contribution in [1.82, 2.24) is 14.8 Å². The molecule has 0 bridgehead atoms. The minimum atomic E-state index is -0.435. The number of aromatic nitrogens is 3. The lowest BCUT2D eigenvalue weighted by Gasteiger charge is -2.32. The largest absolute Gasteiger partial charge is 0.493 e. The summed E-state index contributed by atoms with van der Waals surface area (Å²) in [4.78, 5) is 17.7. The summed E-state index contributed by atoms with van der Waals surface area (Å²) in [6.07, 6.45) is 2.05. The molecule has 0 amide bonds. The van der Waals surface area contributed by atoms with Crippen molar-refractivity contribution in [3.8, 4) is 34.7 Å². The number of allylic oxidation sites excluding steroid dienone is 2. The second-order valence-electron chi connectivity index (χ2n) is 8.05. The number of hydrogen-bond acceptors (Lipinski definition) is 8. The van der Waals surface area contributed by atoms with E-state index in [1.54, 1.807) is 50.3 Å². The number of nitriles is 1. The Morgan fingerprint density at radius 3 is 2.38 bits per heavy atom. The zero-order chi connectivity index (χ0) is 23.8. The number of fused-ring (bicyclic) bond motifs is 1. The summed E-state index contributed by atoms with van der Waals surface area (Å²) in [6, 6.07) is 12.5. The van der Waals surface area contributed by atoms with E-state index in [1.807, 2.05) is 12.1 Å². The molecule has 3 aromatic rings. The van der Waals surface area contributed by atoms with Crippen LogP contribution in [0.2, 0.25) is 0 Å². The number of Topliss-reactive ketones (excluding diaryl/α,β-unsaturated/α-hetero) is 1. The molecule has 9 heteroatoms. The number of nitrogens with zero attached hydrogens (tertiary/aromatic N) is 4. The van der Waals surface area contributed by atoms with E-state index in [9.17, 15) is 10.1 Å². The van der Waals surface area contributed by atoms with Crippen LogP contribution in [-0.4, -0.2) is 41.9 Å². The number of carbonyl (C=O) groups is 1. The van der Waals surface area contributed by atoms with E-state index in [-0.39, 0.29) is 5.78 Å². The standard InChI is InChI=1S/C25H23N5O4/c1-32-19-11-16(12-20(33-2)23(19)34-3)24-28-25-27-17-5-4-6-18(31)21(17)22(30(25)29-24)15-9-7-14(13-26)8-10-15/h7-12,22H,4-6H2,1-3H3,(H,27,28,29). The van der Waals surface area contributed by atoms with Gasteiger partial charge in [-0.3, -0.25) is 4.79 Å². The van der Waals surface area contributed by atoms with E-state index < -0.39 is 6.04 Å². The van der Waals surface area contributed by atoms with Gasteiger partial charge in [0.1, 0.15) is 6.04 Å². The minimum Gasteiger partial charge on any atom is -0.493 e. The van der Waals surface area contributed by atoms with Gasteiger partial charge in [0.2, 0.25) is 11.7 Å². The molecule has 1 unspecified atom stereocenters. The molecule has 1 aliphatic heterocycles. The van der Waals surface area contributed by atoms with Gasteiger partial charge in [-0.15, -0.1) is 5.10 Å². The number of ketones is 1. The van der Waals surface area contributed by atoms with Gasteiger partial charge < -0.3 is 19.5 Å². The summed E-state index contributed by atoms with van der Waals surface area (Å²) < 4.78 is 18.1. The quantitative estimate of drug-likeness (QED) is 0.615. The van der Waals surface area contributed by atoms with Crippen molar-refractivity contribution in [2.45, 2.75) is 25.3 Å². The molecule has 2 aromatic carbocycles. The number of benzene rings is 2. The van der Waals surface area contributed by atoms with Crippen molar-refractivity contribution in [2.24, 2.45) is 0 Å². The maximum Gasteiger partial charge on any atom is 0.226 e. The van der Waals surface area contributed by atoms with Crippen LogP contribution in [-0.2, 0) is 4.79 Å². The summed E-state index contributed by atoms with van der Waals surface area (Å²) in [5, 5.41) is 17.3. The van der Waals surface area contributed by atoms with Crippen molar-refractivity contribution in [3.05, 3.63) is 58.8 Å². The molecule has 2 heterocycles. The Bertz CT molecular complexity index is 1330. The number of nitrogens with one attached hydrogen (secondary N) is 1. The van der Waals surface area contributed by atoms with Crippen LogP contribution in [0.5, 0.6) is 17.2 Å². The highest BCUT2D eigenvalue weighted by Crippen LogP contribution is 2.43. The third-order valence-electron chi connectivity index (χ3n) is 6.15. The fourth-order valence-corrected chi connectivity index (χ4v) is 4.54. The van der Waals surface area contributed by atoms with Gasteiger partial charge in [-0.1, -0.05) is 12.1 Å². The topological polar surface area (TPSA) is 111 Å². The fourth-order valence-electron chi connectivity index (χ4n) is 4.54. The molecule has 1 N–H and O–H groups in total. The highest BCUT2D eigenvalue weighted by atomic mass is 16.5. The highest BCUT2D eigenvalue weighted by molar-refractivity contribution is 5.99. The molecule has 0 spiro atoms. The van der Waals surface area contributed by atoms with Crippen LogP contribution in [0.1, 0.15) is 36.4 Å². The molecule has 0 saturated heterocycles. The molecule has 2 aliphatic rings. The lowest BCUT2D eigenvalue weighted by atomic mass is 9.85. The van der Waals surface area contributed by atoms with Crippen LogP contribution in [0.3, 0.4) is 0 Å². The molecule has 5 rings (SSSR count).